The van der Waals surface area contributed by atoms with E-state index in [4.69, 9.17) is 14.9 Å². The van der Waals surface area contributed by atoms with Gasteiger partial charge in [-0.15, -0.1) is 0 Å². The maximum atomic E-state index is 8.92. The van der Waals surface area contributed by atoms with Gasteiger partial charge in [0.25, 0.3) is 0 Å². The first-order valence-electron chi connectivity index (χ1n) is 3.21. The largest absolute Gasteiger partial charge is 0.388 e. The van der Waals surface area contributed by atoms with Crippen LogP contribution < -0.4 is 0 Å². The Bertz CT molecular complexity index is 94.3. The molecule has 3 nitrogen and oxygen atoms in total. The van der Waals surface area contributed by atoms with E-state index in [1.165, 1.54) is 0 Å². The molecule has 1 fully saturated rings. The van der Waals surface area contributed by atoms with Crippen molar-refractivity contribution in [2.75, 3.05) is 0 Å². The molecule has 0 amide bonds. The van der Waals surface area contributed by atoms with E-state index in [1.807, 2.05) is 6.92 Å². The third-order valence-electron chi connectivity index (χ3n) is 1.57. The Hall–Kier alpha value is -0.120. The molecule has 1 aliphatic rings. The monoisotopic (exact) mass is 132 g/mol. The Morgan fingerprint density at radius 3 is 2.44 bits per heavy atom. The summed E-state index contributed by atoms with van der Waals surface area (Å²) >= 11 is 0. The Labute approximate surface area is 54.3 Å². The number of ether oxygens (including phenoxy) is 1. The third kappa shape index (κ3) is 1.64. The van der Waals surface area contributed by atoms with Crippen molar-refractivity contribution < 1.29 is 14.9 Å². The molecule has 54 valence electrons. The van der Waals surface area contributed by atoms with Crippen LogP contribution in [0.25, 0.3) is 0 Å². The van der Waals surface area contributed by atoms with Crippen molar-refractivity contribution in [2.24, 2.45) is 0 Å². The molecule has 0 aromatic carbocycles. The minimum atomic E-state index is -0.964. The minimum Gasteiger partial charge on any atom is -0.388 e. The fourth-order valence-electron chi connectivity index (χ4n) is 0.945. The van der Waals surface area contributed by atoms with Gasteiger partial charge in [0.05, 0.1) is 6.10 Å². The summed E-state index contributed by atoms with van der Waals surface area (Å²) < 4.78 is 4.90. The van der Waals surface area contributed by atoms with E-state index in [9.17, 15) is 0 Å². The quantitative estimate of drug-likeness (QED) is 0.482. The fourth-order valence-corrected chi connectivity index (χ4v) is 0.945. The summed E-state index contributed by atoms with van der Waals surface area (Å²) in [5, 5.41) is 17.8. The summed E-state index contributed by atoms with van der Waals surface area (Å²) in [6.45, 7) is 1.88. The Morgan fingerprint density at radius 2 is 2.00 bits per heavy atom. The summed E-state index contributed by atoms with van der Waals surface area (Å²) in [4.78, 5) is 0. The maximum absolute atomic E-state index is 8.92. The molecular formula is C6H12O3. The lowest BCUT2D eigenvalue weighted by atomic mass is 10.1. The number of hydrogen-bond donors (Lipinski definition) is 2. The van der Waals surface area contributed by atoms with E-state index in [2.05, 4.69) is 0 Å². The number of aliphatic hydroxyl groups is 2. The molecule has 1 heterocycles. The summed E-state index contributed by atoms with van der Waals surface area (Å²) in [7, 11) is 0. The van der Waals surface area contributed by atoms with Crippen LogP contribution in [-0.4, -0.2) is 28.7 Å². The Morgan fingerprint density at radius 1 is 1.33 bits per heavy atom. The van der Waals surface area contributed by atoms with Crippen LogP contribution in [0.15, 0.2) is 0 Å². The van der Waals surface area contributed by atoms with Crippen molar-refractivity contribution >= 4 is 0 Å². The molecule has 2 N–H and O–H groups in total. The molecule has 0 aromatic heterocycles. The first-order chi connectivity index (χ1) is 4.20. The number of aliphatic hydroxyl groups excluding tert-OH is 2. The molecule has 3 atom stereocenters. The van der Waals surface area contributed by atoms with Crippen LogP contribution in [0, 0.1) is 0 Å². The van der Waals surface area contributed by atoms with E-state index in [1.54, 1.807) is 0 Å². The van der Waals surface area contributed by atoms with Gasteiger partial charge in [-0.25, -0.2) is 0 Å². The van der Waals surface area contributed by atoms with Gasteiger partial charge in [-0.05, 0) is 19.8 Å². The lowest BCUT2D eigenvalue weighted by Gasteiger charge is -2.28. The molecule has 9 heavy (non-hydrogen) atoms. The van der Waals surface area contributed by atoms with Gasteiger partial charge in [-0.1, -0.05) is 0 Å². The molecule has 0 aliphatic carbocycles. The van der Waals surface area contributed by atoms with Crippen molar-refractivity contribution in [1.82, 2.24) is 0 Å². The van der Waals surface area contributed by atoms with Crippen LogP contribution in [0.5, 0.6) is 0 Å². The second-order valence-electron chi connectivity index (χ2n) is 2.48. The standard InChI is InChI=1S/C6H12O3/c1-4-2-3-5(7)6(8)9-4/h4-8H,2-3H2,1H3/t4-,5?,6-/m1/s1. The Kier molecular flexibility index (Phi) is 2.05. The minimum absolute atomic E-state index is 0.0865. The van der Waals surface area contributed by atoms with E-state index >= 15 is 0 Å². The lowest BCUT2D eigenvalue weighted by Crippen LogP contribution is -2.37. The van der Waals surface area contributed by atoms with Gasteiger partial charge < -0.3 is 14.9 Å². The second kappa shape index (κ2) is 2.64. The summed E-state index contributed by atoms with van der Waals surface area (Å²) in [6, 6.07) is 0. The predicted octanol–water partition coefficient (Wildman–Crippen LogP) is -0.135. The zero-order valence-corrected chi connectivity index (χ0v) is 5.45. The van der Waals surface area contributed by atoms with Crippen molar-refractivity contribution in [1.29, 1.82) is 0 Å². The molecule has 1 unspecified atom stereocenters. The smallest absolute Gasteiger partial charge is 0.181 e. The zero-order chi connectivity index (χ0) is 6.85. The molecule has 1 saturated heterocycles. The molecule has 0 aromatic rings. The van der Waals surface area contributed by atoms with Crippen LogP contribution >= 0.6 is 0 Å². The summed E-state index contributed by atoms with van der Waals surface area (Å²) in [5.41, 5.74) is 0. The van der Waals surface area contributed by atoms with E-state index in [-0.39, 0.29) is 6.10 Å². The van der Waals surface area contributed by atoms with Crippen LogP contribution in [0.4, 0.5) is 0 Å². The Balaban J connectivity index is 2.35. The average molecular weight is 132 g/mol. The zero-order valence-electron chi connectivity index (χ0n) is 5.45. The van der Waals surface area contributed by atoms with Gasteiger partial charge in [0.2, 0.25) is 0 Å². The van der Waals surface area contributed by atoms with Crippen LogP contribution in [-0.2, 0) is 4.74 Å². The third-order valence-corrected chi connectivity index (χ3v) is 1.57. The molecule has 0 bridgehead atoms. The van der Waals surface area contributed by atoms with Crippen molar-refractivity contribution in [3.8, 4) is 0 Å². The second-order valence-corrected chi connectivity index (χ2v) is 2.48. The topological polar surface area (TPSA) is 49.7 Å². The van der Waals surface area contributed by atoms with Crippen molar-refractivity contribution in [3.63, 3.8) is 0 Å². The first kappa shape index (κ1) is 6.99. The van der Waals surface area contributed by atoms with Gasteiger partial charge in [0.1, 0.15) is 6.10 Å². The van der Waals surface area contributed by atoms with Gasteiger partial charge in [-0.2, -0.15) is 0 Å². The predicted molar refractivity (Wildman–Crippen MR) is 31.8 cm³/mol. The molecule has 1 aliphatic heterocycles. The van der Waals surface area contributed by atoms with Gasteiger partial charge >= 0.3 is 0 Å². The average Bonchev–Trinajstić information content (AvgIpc) is 1.80. The fraction of sp³-hybridized carbons (Fsp3) is 1.00. The van der Waals surface area contributed by atoms with Crippen molar-refractivity contribution in [2.45, 2.75) is 38.3 Å². The molecule has 1 rings (SSSR count). The summed E-state index contributed by atoms with van der Waals surface area (Å²) in [5.74, 6) is 0. The first-order valence-corrected chi connectivity index (χ1v) is 3.21. The number of hydrogen-bond acceptors (Lipinski definition) is 3. The molecule has 0 radical (unpaired) electrons. The van der Waals surface area contributed by atoms with Crippen LogP contribution in [0.2, 0.25) is 0 Å². The van der Waals surface area contributed by atoms with Crippen LogP contribution in [0.1, 0.15) is 19.8 Å². The molecular weight excluding hydrogens is 120 g/mol. The normalized spacial score (nSPS) is 45.0. The van der Waals surface area contributed by atoms with Gasteiger partial charge in [-0.3, -0.25) is 0 Å². The summed E-state index contributed by atoms with van der Waals surface area (Å²) in [6.07, 6.45) is -0.0843. The molecule has 0 spiro atoms. The highest BCUT2D eigenvalue weighted by molar-refractivity contribution is 4.68. The highest BCUT2D eigenvalue weighted by Gasteiger charge is 2.24. The SMILES string of the molecule is C[C@@H]1CCC(O)[C@H](O)O1. The molecule has 0 saturated carbocycles. The van der Waals surface area contributed by atoms with E-state index < -0.39 is 12.4 Å². The van der Waals surface area contributed by atoms with Crippen molar-refractivity contribution in [3.05, 3.63) is 0 Å². The molecule has 3 heteroatoms. The van der Waals surface area contributed by atoms with Gasteiger partial charge in [0, 0.05) is 0 Å². The number of rotatable bonds is 0. The highest BCUT2D eigenvalue weighted by atomic mass is 16.6. The van der Waals surface area contributed by atoms with E-state index in [0.29, 0.717) is 6.42 Å². The highest BCUT2D eigenvalue weighted by Crippen LogP contribution is 2.16. The maximum Gasteiger partial charge on any atom is 0.181 e. The van der Waals surface area contributed by atoms with Gasteiger partial charge in [0.15, 0.2) is 6.29 Å². The van der Waals surface area contributed by atoms with Crippen LogP contribution in [0.3, 0.4) is 0 Å². The lowest BCUT2D eigenvalue weighted by molar-refractivity contribution is -0.210. The van der Waals surface area contributed by atoms with E-state index in [0.717, 1.165) is 6.42 Å².